The van der Waals surface area contributed by atoms with E-state index in [0.717, 1.165) is 18.5 Å². The van der Waals surface area contributed by atoms with Crippen LogP contribution in [-0.4, -0.2) is 30.6 Å². The van der Waals surface area contributed by atoms with E-state index in [1.807, 2.05) is 0 Å². The first-order valence-corrected chi connectivity index (χ1v) is 5.84. The third kappa shape index (κ3) is 2.68. The molecule has 1 aliphatic heterocycles. The molecule has 2 nitrogen and oxygen atoms in total. The molecule has 2 fully saturated rings. The van der Waals surface area contributed by atoms with Crippen molar-refractivity contribution in [2.45, 2.75) is 44.6 Å². The molecule has 1 saturated carbocycles. The molecule has 1 aliphatic carbocycles. The van der Waals surface area contributed by atoms with Crippen LogP contribution in [0.25, 0.3) is 0 Å². The van der Waals surface area contributed by atoms with Crippen LogP contribution in [0.15, 0.2) is 0 Å². The van der Waals surface area contributed by atoms with E-state index in [1.165, 1.54) is 51.6 Å². The average Bonchev–Trinajstić information content (AvgIpc) is 2.93. The van der Waals surface area contributed by atoms with Crippen molar-refractivity contribution in [3.8, 4) is 0 Å². The molecular formula is C11H22N2. The molecule has 1 unspecified atom stereocenters. The lowest BCUT2D eigenvalue weighted by atomic mass is 9.99. The summed E-state index contributed by atoms with van der Waals surface area (Å²) in [7, 11) is 0. The quantitative estimate of drug-likeness (QED) is 0.715. The summed E-state index contributed by atoms with van der Waals surface area (Å²) < 4.78 is 0. The molecule has 2 N–H and O–H groups in total. The topological polar surface area (TPSA) is 29.3 Å². The normalized spacial score (nSPS) is 30.7. The van der Waals surface area contributed by atoms with Gasteiger partial charge in [-0.2, -0.15) is 0 Å². The molecule has 0 bridgehead atoms. The lowest BCUT2D eigenvalue weighted by Gasteiger charge is -2.35. The Morgan fingerprint density at radius 1 is 1.15 bits per heavy atom. The number of rotatable bonds is 4. The minimum Gasteiger partial charge on any atom is -0.330 e. The maximum absolute atomic E-state index is 5.64. The van der Waals surface area contributed by atoms with Crippen molar-refractivity contribution in [1.29, 1.82) is 0 Å². The van der Waals surface area contributed by atoms with Crippen LogP contribution >= 0.6 is 0 Å². The van der Waals surface area contributed by atoms with Gasteiger partial charge in [-0.1, -0.05) is 6.42 Å². The monoisotopic (exact) mass is 182 g/mol. The lowest BCUT2D eigenvalue weighted by molar-refractivity contribution is 0.136. The second-order valence-electron chi connectivity index (χ2n) is 4.67. The summed E-state index contributed by atoms with van der Waals surface area (Å²) in [6.07, 6.45) is 8.40. The van der Waals surface area contributed by atoms with Crippen LogP contribution in [0.5, 0.6) is 0 Å². The average molecular weight is 182 g/mol. The van der Waals surface area contributed by atoms with Crippen molar-refractivity contribution >= 4 is 0 Å². The highest BCUT2D eigenvalue weighted by molar-refractivity contribution is 4.83. The smallest absolute Gasteiger partial charge is 0.0107 e. The molecule has 76 valence electrons. The molecule has 0 aromatic carbocycles. The molecule has 1 saturated heterocycles. The van der Waals surface area contributed by atoms with Gasteiger partial charge in [-0.25, -0.2) is 0 Å². The van der Waals surface area contributed by atoms with E-state index in [-0.39, 0.29) is 0 Å². The van der Waals surface area contributed by atoms with Gasteiger partial charge in [0.15, 0.2) is 0 Å². The third-order valence-electron chi connectivity index (χ3n) is 3.44. The Morgan fingerprint density at radius 3 is 2.69 bits per heavy atom. The number of hydrogen-bond donors (Lipinski definition) is 1. The third-order valence-corrected chi connectivity index (χ3v) is 3.44. The van der Waals surface area contributed by atoms with E-state index in [1.54, 1.807) is 0 Å². The summed E-state index contributed by atoms with van der Waals surface area (Å²) in [6, 6.07) is 0.819. The predicted molar refractivity (Wildman–Crippen MR) is 55.6 cm³/mol. The van der Waals surface area contributed by atoms with E-state index in [4.69, 9.17) is 5.73 Å². The number of nitrogens with two attached hydrogens (primary N) is 1. The van der Waals surface area contributed by atoms with Crippen LogP contribution in [0.2, 0.25) is 0 Å². The van der Waals surface area contributed by atoms with Crippen LogP contribution in [-0.2, 0) is 0 Å². The largest absolute Gasteiger partial charge is 0.330 e. The molecule has 1 atom stereocenters. The van der Waals surface area contributed by atoms with Gasteiger partial charge >= 0.3 is 0 Å². The first-order chi connectivity index (χ1) is 6.40. The molecule has 0 spiro atoms. The molecule has 2 rings (SSSR count). The molecular weight excluding hydrogens is 160 g/mol. The van der Waals surface area contributed by atoms with Gasteiger partial charge in [0.2, 0.25) is 0 Å². The Hall–Kier alpha value is -0.0800. The lowest BCUT2D eigenvalue weighted by Crippen LogP contribution is -2.41. The van der Waals surface area contributed by atoms with Gasteiger partial charge in [0.05, 0.1) is 0 Å². The Bertz CT molecular complexity index is 152. The fourth-order valence-corrected chi connectivity index (χ4v) is 2.45. The van der Waals surface area contributed by atoms with Crippen LogP contribution in [0.4, 0.5) is 0 Å². The van der Waals surface area contributed by atoms with Crippen molar-refractivity contribution in [1.82, 2.24) is 4.90 Å². The van der Waals surface area contributed by atoms with Gasteiger partial charge in [-0.3, -0.25) is 0 Å². The second kappa shape index (κ2) is 4.43. The summed E-state index contributed by atoms with van der Waals surface area (Å²) in [6.45, 7) is 3.57. The number of hydrogen-bond acceptors (Lipinski definition) is 2. The minimum atomic E-state index is 0.819. The van der Waals surface area contributed by atoms with E-state index in [0.29, 0.717) is 0 Å². The zero-order valence-electron chi connectivity index (χ0n) is 8.54. The van der Waals surface area contributed by atoms with Crippen molar-refractivity contribution < 1.29 is 0 Å². The van der Waals surface area contributed by atoms with E-state index < -0.39 is 0 Å². The van der Waals surface area contributed by atoms with Crippen LogP contribution < -0.4 is 5.73 Å². The van der Waals surface area contributed by atoms with E-state index >= 15 is 0 Å². The fraction of sp³-hybridized carbons (Fsp3) is 1.00. The summed E-state index contributed by atoms with van der Waals surface area (Å²) in [4.78, 5) is 2.70. The van der Waals surface area contributed by atoms with Crippen LogP contribution in [0.3, 0.4) is 0 Å². The standard InChI is InChI=1S/C11H22N2/c12-7-6-11-3-1-2-8-13(11)9-10-4-5-10/h10-11H,1-9,12H2. The van der Waals surface area contributed by atoms with Gasteiger partial charge in [-0.15, -0.1) is 0 Å². The Balaban J connectivity index is 1.79. The van der Waals surface area contributed by atoms with Gasteiger partial charge in [0.1, 0.15) is 0 Å². The molecule has 0 amide bonds. The Kier molecular flexibility index (Phi) is 3.23. The van der Waals surface area contributed by atoms with Crippen molar-refractivity contribution in [3.05, 3.63) is 0 Å². The Labute approximate surface area is 81.5 Å². The highest BCUT2D eigenvalue weighted by Crippen LogP contribution is 2.32. The van der Waals surface area contributed by atoms with Crippen molar-refractivity contribution in [2.75, 3.05) is 19.6 Å². The highest BCUT2D eigenvalue weighted by atomic mass is 15.2. The second-order valence-corrected chi connectivity index (χ2v) is 4.67. The maximum Gasteiger partial charge on any atom is 0.0107 e. The summed E-state index contributed by atoms with van der Waals surface area (Å²) >= 11 is 0. The number of likely N-dealkylation sites (tertiary alicyclic amines) is 1. The molecule has 2 heteroatoms. The number of piperidine rings is 1. The molecule has 0 aromatic heterocycles. The molecule has 0 aromatic rings. The van der Waals surface area contributed by atoms with E-state index in [9.17, 15) is 0 Å². The fourth-order valence-electron chi connectivity index (χ4n) is 2.45. The molecule has 2 aliphatic rings. The van der Waals surface area contributed by atoms with Gasteiger partial charge in [-0.05, 0) is 51.1 Å². The van der Waals surface area contributed by atoms with Crippen molar-refractivity contribution in [2.24, 2.45) is 11.7 Å². The van der Waals surface area contributed by atoms with Gasteiger partial charge in [0.25, 0.3) is 0 Å². The first kappa shape index (κ1) is 9.47. The molecule has 0 radical (unpaired) electrons. The van der Waals surface area contributed by atoms with E-state index in [2.05, 4.69) is 4.90 Å². The SMILES string of the molecule is NCCC1CCCCN1CC1CC1. The molecule has 13 heavy (non-hydrogen) atoms. The first-order valence-electron chi connectivity index (χ1n) is 5.84. The zero-order valence-corrected chi connectivity index (χ0v) is 8.54. The van der Waals surface area contributed by atoms with Gasteiger partial charge < -0.3 is 10.6 Å². The molecule has 1 heterocycles. The minimum absolute atomic E-state index is 0.819. The van der Waals surface area contributed by atoms with Crippen LogP contribution in [0.1, 0.15) is 38.5 Å². The van der Waals surface area contributed by atoms with Crippen LogP contribution in [0, 0.1) is 5.92 Å². The zero-order chi connectivity index (χ0) is 9.10. The predicted octanol–water partition coefficient (Wildman–Crippen LogP) is 1.60. The van der Waals surface area contributed by atoms with Gasteiger partial charge in [0, 0.05) is 12.6 Å². The number of nitrogens with zero attached hydrogens (tertiary/aromatic N) is 1. The highest BCUT2D eigenvalue weighted by Gasteiger charge is 2.28. The Morgan fingerprint density at radius 2 is 2.00 bits per heavy atom. The summed E-state index contributed by atoms with van der Waals surface area (Å²) in [5.41, 5.74) is 5.64. The summed E-state index contributed by atoms with van der Waals surface area (Å²) in [5.74, 6) is 1.04. The summed E-state index contributed by atoms with van der Waals surface area (Å²) in [5, 5.41) is 0. The van der Waals surface area contributed by atoms with Crippen molar-refractivity contribution in [3.63, 3.8) is 0 Å². The maximum atomic E-state index is 5.64.